The second-order valence-corrected chi connectivity index (χ2v) is 7.98. The minimum Gasteiger partial charge on any atom is -0.497 e. The zero-order valence-corrected chi connectivity index (χ0v) is 18.5. The molecule has 1 aliphatic rings. The van der Waals surface area contributed by atoms with Crippen LogP contribution in [-0.4, -0.2) is 35.9 Å². The fourth-order valence-corrected chi connectivity index (χ4v) is 3.81. The van der Waals surface area contributed by atoms with Crippen molar-refractivity contribution in [3.8, 4) is 5.75 Å². The molecule has 2 amide bonds. The van der Waals surface area contributed by atoms with Gasteiger partial charge >= 0.3 is 5.91 Å². The lowest BCUT2D eigenvalue weighted by Crippen LogP contribution is -2.42. The summed E-state index contributed by atoms with van der Waals surface area (Å²) in [5.74, 6) is 0.0678. The van der Waals surface area contributed by atoms with Crippen LogP contribution in [0.25, 0.3) is 0 Å². The van der Waals surface area contributed by atoms with Crippen LogP contribution in [0.5, 0.6) is 5.75 Å². The molecule has 3 aromatic carbocycles. The molecule has 0 unspecified atom stereocenters. The second kappa shape index (κ2) is 9.24. The number of amides is 2. The van der Waals surface area contributed by atoms with Gasteiger partial charge in [0, 0.05) is 21.7 Å². The lowest BCUT2D eigenvalue weighted by atomic mass is 9.99. The first-order chi connectivity index (χ1) is 15.5. The van der Waals surface area contributed by atoms with Gasteiger partial charge in [-0.15, -0.1) is 10.1 Å². The molecule has 3 aromatic rings. The number of aryl methyl sites for hydroxylation is 1. The summed E-state index contributed by atoms with van der Waals surface area (Å²) >= 11 is 5.93. The number of hydrazone groups is 1. The molecule has 1 saturated heterocycles. The van der Waals surface area contributed by atoms with Gasteiger partial charge in [-0.1, -0.05) is 29.8 Å². The van der Waals surface area contributed by atoms with Crippen molar-refractivity contribution in [2.75, 3.05) is 7.11 Å². The molecule has 7 heteroatoms. The SMILES string of the molecule is COc1ccc([C@@H]2[C@H](NC(=O)c3ccc(Cl)cc3)C(=O)N/[N+]2=C\c2ccccc2C)cc1. The third-order valence-electron chi connectivity index (χ3n) is 5.45. The van der Waals surface area contributed by atoms with Gasteiger partial charge in [-0.05, 0) is 67.1 Å². The molecule has 2 N–H and O–H groups in total. The van der Waals surface area contributed by atoms with Gasteiger partial charge < -0.3 is 10.1 Å². The van der Waals surface area contributed by atoms with E-state index < -0.39 is 12.1 Å². The first-order valence-electron chi connectivity index (χ1n) is 10.2. The fourth-order valence-electron chi connectivity index (χ4n) is 3.69. The number of ether oxygens (including phenoxy) is 1. The topological polar surface area (TPSA) is 70.4 Å². The Bertz CT molecular complexity index is 1170. The quantitative estimate of drug-likeness (QED) is 0.585. The molecule has 2 atom stereocenters. The van der Waals surface area contributed by atoms with Crippen molar-refractivity contribution >= 4 is 29.6 Å². The van der Waals surface area contributed by atoms with Crippen LogP contribution >= 0.6 is 11.6 Å². The molecule has 0 spiro atoms. The third kappa shape index (κ3) is 4.50. The summed E-state index contributed by atoms with van der Waals surface area (Å²) in [4.78, 5) is 25.8. The van der Waals surface area contributed by atoms with E-state index in [1.54, 1.807) is 36.1 Å². The van der Waals surface area contributed by atoms with Crippen LogP contribution in [-0.2, 0) is 4.79 Å². The van der Waals surface area contributed by atoms with Crippen LogP contribution in [0.2, 0.25) is 5.02 Å². The third-order valence-corrected chi connectivity index (χ3v) is 5.71. The molecule has 6 nitrogen and oxygen atoms in total. The highest BCUT2D eigenvalue weighted by Crippen LogP contribution is 2.27. The van der Waals surface area contributed by atoms with E-state index in [4.69, 9.17) is 16.3 Å². The molecule has 0 aliphatic carbocycles. The van der Waals surface area contributed by atoms with Gasteiger partial charge in [-0.3, -0.25) is 9.59 Å². The molecule has 0 saturated carbocycles. The Morgan fingerprint density at radius 2 is 1.75 bits per heavy atom. The van der Waals surface area contributed by atoms with E-state index in [1.165, 1.54) is 0 Å². The van der Waals surface area contributed by atoms with Crippen molar-refractivity contribution in [1.82, 2.24) is 10.7 Å². The summed E-state index contributed by atoms with van der Waals surface area (Å²) in [6.45, 7) is 2.01. The van der Waals surface area contributed by atoms with E-state index in [9.17, 15) is 9.59 Å². The fraction of sp³-hybridized carbons (Fsp3) is 0.160. The average Bonchev–Trinajstić information content (AvgIpc) is 3.10. The summed E-state index contributed by atoms with van der Waals surface area (Å²) in [5.41, 5.74) is 6.22. The Labute approximate surface area is 191 Å². The van der Waals surface area contributed by atoms with Gasteiger partial charge in [0.1, 0.15) is 5.75 Å². The number of hydrogen-bond acceptors (Lipinski definition) is 3. The molecular weight excluding hydrogens is 426 g/mol. The summed E-state index contributed by atoms with van der Waals surface area (Å²) in [6, 6.07) is 20.6. The predicted octanol–water partition coefficient (Wildman–Crippen LogP) is 3.67. The van der Waals surface area contributed by atoms with Crippen molar-refractivity contribution in [2.45, 2.75) is 19.0 Å². The van der Waals surface area contributed by atoms with Crippen molar-refractivity contribution in [3.63, 3.8) is 0 Å². The maximum Gasteiger partial charge on any atom is 0.304 e. The van der Waals surface area contributed by atoms with Crippen molar-refractivity contribution in [2.24, 2.45) is 0 Å². The Morgan fingerprint density at radius 3 is 2.41 bits per heavy atom. The van der Waals surface area contributed by atoms with Gasteiger partial charge in [-0.2, -0.15) is 0 Å². The lowest BCUT2D eigenvalue weighted by Gasteiger charge is -2.15. The highest BCUT2D eigenvalue weighted by molar-refractivity contribution is 6.30. The second-order valence-electron chi connectivity index (χ2n) is 7.55. The molecule has 0 aromatic heterocycles. The number of rotatable bonds is 5. The van der Waals surface area contributed by atoms with Crippen LogP contribution in [0.4, 0.5) is 0 Å². The Morgan fingerprint density at radius 1 is 1.06 bits per heavy atom. The van der Waals surface area contributed by atoms with Crippen molar-refractivity contribution in [3.05, 3.63) is 100 Å². The van der Waals surface area contributed by atoms with E-state index in [1.807, 2.05) is 61.7 Å². The van der Waals surface area contributed by atoms with Gasteiger partial charge in [0.05, 0.1) is 7.11 Å². The maximum atomic E-state index is 13.0. The minimum absolute atomic E-state index is 0.294. The number of carbonyl (C=O) groups is 2. The number of nitrogens with zero attached hydrogens (tertiary/aromatic N) is 1. The first-order valence-corrected chi connectivity index (χ1v) is 10.5. The molecule has 0 radical (unpaired) electrons. The van der Waals surface area contributed by atoms with E-state index in [-0.39, 0.29) is 11.8 Å². The Balaban J connectivity index is 1.71. The van der Waals surface area contributed by atoms with E-state index in [2.05, 4.69) is 10.7 Å². The first kappa shape index (κ1) is 21.6. The predicted molar refractivity (Wildman–Crippen MR) is 123 cm³/mol. The summed E-state index contributed by atoms with van der Waals surface area (Å²) in [5, 5.41) is 3.42. The number of carbonyl (C=O) groups excluding carboxylic acids is 2. The number of hydrogen-bond donors (Lipinski definition) is 2. The average molecular weight is 449 g/mol. The molecule has 1 fully saturated rings. The van der Waals surface area contributed by atoms with E-state index in [0.717, 1.165) is 16.7 Å². The van der Waals surface area contributed by atoms with Crippen LogP contribution in [0.3, 0.4) is 0 Å². The summed E-state index contributed by atoms with van der Waals surface area (Å²) < 4.78 is 7.01. The summed E-state index contributed by atoms with van der Waals surface area (Å²) in [7, 11) is 1.60. The molecule has 32 heavy (non-hydrogen) atoms. The number of hydrazine groups is 1. The highest BCUT2D eigenvalue weighted by Gasteiger charge is 2.47. The minimum atomic E-state index is -0.799. The standard InChI is InChI=1S/C25H22ClN3O3/c1-16-5-3-4-6-19(16)15-29-23(17-9-13-21(32-2)14-10-17)22(25(31)28-29)27-24(30)18-7-11-20(26)12-8-18/h3-15,22-23H,1-2H3,(H-,27,28,30,31)/p+1/b29-15-/t22-,23+/m0/s1. The molecule has 1 aliphatic heterocycles. The van der Waals surface area contributed by atoms with E-state index >= 15 is 0 Å². The van der Waals surface area contributed by atoms with Crippen LogP contribution in [0, 0.1) is 6.92 Å². The molecule has 0 bridgehead atoms. The normalized spacial score (nSPS) is 19.0. The number of benzene rings is 3. The highest BCUT2D eigenvalue weighted by atomic mass is 35.5. The van der Waals surface area contributed by atoms with Crippen LogP contribution in [0.1, 0.15) is 33.1 Å². The number of nitrogens with one attached hydrogen (secondary N) is 2. The van der Waals surface area contributed by atoms with Gasteiger partial charge in [0.2, 0.25) is 12.3 Å². The molecular formula is C25H23ClN3O3+. The van der Waals surface area contributed by atoms with E-state index in [0.29, 0.717) is 16.3 Å². The Kier molecular flexibility index (Phi) is 6.23. The van der Waals surface area contributed by atoms with Gasteiger partial charge in [0.25, 0.3) is 5.91 Å². The monoisotopic (exact) mass is 448 g/mol. The molecule has 162 valence electrons. The van der Waals surface area contributed by atoms with Gasteiger partial charge in [0.15, 0.2) is 6.04 Å². The van der Waals surface area contributed by atoms with Crippen molar-refractivity contribution < 1.29 is 19.0 Å². The number of halogens is 1. The van der Waals surface area contributed by atoms with Crippen LogP contribution in [0.15, 0.2) is 72.8 Å². The largest absolute Gasteiger partial charge is 0.497 e. The lowest BCUT2D eigenvalue weighted by molar-refractivity contribution is -0.596. The zero-order chi connectivity index (χ0) is 22.7. The molecule has 1 heterocycles. The summed E-state index contributed by atoms with van der Waals surface area (Å²) in [6.07, 6.45) is 1.89. The number of methoxy groups -OCH3 is 1. The van der Waals surface area contributed by atoms with Gasteiger partial charge in [-0.25, -0.2) is 0 Å². The van der Waals surface area contributed by atoms with Crippen LogP contribution < -0.4 is 15.5 Å². The molecule has 4 rings (SSSR count). The Hall–Kier alpha value is -3.64. The van der Waals surface area contributed by atoms with Crippen molar-refractivity contribution in [1.29, 1.82) is 0 Å². The maximum absolute atomic E-state index is 13.0. The smallest absolute Gasteiger partial charge is 0.304 e. The zero-order valence-electron chi connectivity index (χ0n) is 17.7.